The van der Waals surface area contributed by atoms with Crippen LogP contribution in [0.1, 0.15) is 24.5 Å². The van der Waals surface area contributed by atoms with Crippen LogP contribution in [0.3, 0.4) is 0 Å². The van der Waals surface area contributed by atoms with Gasteiger partial charge in [0.25, 0.3) is 0 Å². The van der Waals surface area contributed by atoms with E-state index in [0.29, 0.717) is 5.92 Å². The number of aromatic amines is 2. The zero-order chi connectivity index (χ0) is 16.6. The van der Waals surface area contributed by atoms with Gasteiger partial charge in [-0.3, -0.25) is 5.10 Å². The number of aromatic nitrogens is 5. The molecule has 1 fully saturated rings. The summed E-state index contributed by atoms with van der Waals surface area (Å²) < 4.78 is 0. The highest BCUT2D eigenvalue weighted by Gasteiger charge is 2.19. The Balaban J connectivity index is 1.52. The van der Waals surface area contributed by atoms with Crippen LogP contribution in [0, 0.1) is 0 Å². The summed E-state index contributed by atoms with van der Waals surface area (Å²) in [5.74, 6) is 0.580. The Labute approximate surface area is 148 Å². The number of thiazole rings is 1. The average Bonchev–Trinajstić information content (AvgIpc) is 3.41. The Hall–Kier alpha value is -2.51. The summed E-state index contributed by atoms with van der Waals surface area (Å²) in [6.45, 7) is 2.17. The Morgan fingerprint density at radius 1 is 1.08 bits per heavy atom. The zero-order valence-corrected chi connectivity index (χ0v) is 14.4. The summed E-state index contributed by atoms with van der Waals surface area (Å²) in [6, 6.07) is 2.17. The van der Waals surface area contributed by atoms with Crippen LogP contribution in [-0.4, -0.2) is 38.2 Å². The molecular weight excluding hydrogens is 332 g/mol. The second-order valence-corrected chi connectivity index (χ2v) is 7.27. The quantitative estimate of drug-likeness (QED) is 0.528. The first-order valence-corrected chi connectivity index (χ1v) is 9.39. The molecule has 1 aliphatic rings. The molecule has 0 amide bonds. The molecule has 6 nitrogen and oxygen atoms in total. The molecule has 0 radical (unpaired) electrons. The lowest BCUT2D eigenvalue weighted by Gasteiger charge is -2.20. The molecule has 5 heterocycles. The predicted molar refractivity (Wildman–Crippen MR) is 99.6 cm³/mol. The molecule has 4 aromatic heterocycles. The summed E-state index contributed by atoms with van der Waals surface area (Å²) in [5.41, 5.74) is 5.34. The summed E-state index contributed by atoms with van der Waals surface area (Å²) >= 11 is 1.71. The highest BCUT2D eigenvalue weighted by Crippen LogP contribution is 2.34. The zero-order valence-electron chi connectivity index (χ0n) is 13.6. The lowest BCUT2D eigenvalue weighted by molar-refractivity contribution is 0.455. The van der Waals surface area contributed by atoms with Gasteiger partial charge in [-0.1, -0.05) is 0 Å². The van der Waals surface area contributed by atoms with Crippen molar-refractivity contribution in [2.75, 3.05) is 13.1 Å². The number of H-pyrrole nitrogens is 2. The van der Waals surface area contributed by atoms with Crippen LogP contribution in [0.15, 0.2) is 36.2 Å². The first-order chi connectivity index (χ1) is 12.4. The lowest BCUT2D eigenvalue weighted by atomic mass is 9.95. The van der Waals surface area contributed by atoms with Gasteiger partial charge in [-0.2, -0.15) is 5.10 Å². The number of hydrogen-bond acceptors (Lipinski definition) is 5. The van der Waals surface area contributed by atoms with Gasteiger partial charge >= 0.3 is 0 Å². The van der Waals surface area contributed by atoms with Crippen molar-refractivity contribution in [2.24, 2.45) is 0 Å². The van der Waals surface area contributed by atoms with E-state index in [1.807, 2.05) is 24.8 Å². The van der Waals surface area contributed by atoms with Gasteiger partial charge in [0.15, 0.2) is 0 Å². The number of fused-ring (bicyclic) bond motifs is 1. The Bertz CT molecular complexity index is 994. The van der Waals surface area contributed by atoms with Crippen LogP contribution in [-0.2, 0) is 0 Å². The smallest absolute Gasteiger partial charge is 0.137 e. The topological polar surface area (TPSA) is 82.3 Å². The second kappa shape index (κ2) is 6.09. The van der Waals surface area contributed by atoms with Gasteiger partial charge in [0.2, 0.25) is 0 Å². The number of hydrogen-bond donors (Lipinski definition) is 3. The van der Waals surface area contributed by atoms with Gasteiger partial charge in [0.05, 0.1) is 11.9 Å². The van der Waals surface area contributed by atoms with Crippen LogP contribution in [0.5, 0.6) is 0 Å². The van der Waals surface area contributed by atoms with Crippen LogP contribution >= 0.6 is 11.3 Å². The van der Waals surface area contributed by atoms with Crippen molar-refractivity contribution < 1.29 is 0 Å². The van der Waals surface area contributed by atoms with Crippen molar-refractivity contribution in [3.05, 3.63) is 41.9 Å². The van der Waals surface area contributed by atoms with Gasteiger partial charge in [-0.05, 0) is 32.0 Å². The van der Waals surface area contributed by atoms with E-state index in [4.69, 9.17) is 4.98 Å². The fourth-order valence-corrected chi connectivity index (χ4v) is 4.36. The Morgan fingerprint density at radius 3 is 2.84 bits per heavy atom. The van der Waals surface area contributed by atoms with Crippen molar-refractivity contribution >= 4 is 22.4 Å². The number of pyridine rings is 1. The molecular formula is C18H18N6S. The fourth-order valence-electron chi connectivity index (χ4n) is 3.48. The van der Waals surface area contributed by atoms with Crippen molar-refractivity contribution in [3.63, 3.8) is 0 Å². The number of nitrogens with zero attached hydrogens (tertiary/aromatic N) is 3. The molecule has 1 aliphatic heterocycles. The monoisotopic (exact) mass is 350 g/mol. The highest BCUT2D eigenvalue weighted by molar-refractivity contribution is 7.13. The molecule has 126 valence electrons. The van der Waals surface area contributed by atoms with Crippen molar-refractivity contribution in [2.45, 2.75) is 18.8 Å². The van der Waals surface area contributed by atoms with E-state index < -0.39 is 0 Å². The standard InChI is InChI=1S/C18H18N6S/c1-3-19-4-2-11(1)16-10-25-18(24-16)12-5-14-15(13-7-22-23-8-13)9-21-17(14)20-6-12/h5-11,19H,1-4H2,(H,20,21)(H,22,23). The van der Waals surface area contributed by atoms with Gasteiger partial charge < -0.3 is 10.3 Å². The largest absolute Gasteiger partial charge is 0.346 e. The molecule has 1 saturated heterocycles. The van der Waals surface area contributed by atoms with Gasteiger partial charge in [-0.15, -0.1) is 11.3 Å². The predicted octanol–water partition coefficient (Wildman–Crippen LogP) is 3.54. The van der Waals surface area contributed by atoms with Crippen molar-refractivity contribution in [1.82, 2.24) is 30.5 Å². The van der Waals surface area contributed by atoms with E-state index in [1.165, 1.54) is 18.5 Å². The molecule has 0 atom stereocenters. The van der Waals surface area contributed by atoms with Gasteiger partial charge in [0.1, 0.15) is 10.7 Å². The van der Waals surface area contributed by atoms with Crippen molar-refractivity contribution in [1.29, 1.82) is 0 Å². The Kier molecular flexibility index (Phi) is 3.61. The molecule has 0 aliphatic carbocycles. The maximum Gasteiger partial charge on any atom is 0.137 e. The molecule has 25 heavy (non-hydrogen) atoms. The van der Waals surface area contributed by atoms with E-state index in [0.717, 1.165) is 45.8 Å². The first-order valence-electron chi connectivity index (χ1n) is 8.51. The van der Waals surface area contributed by atoms with Crippen LogP contribution in [0.4, 0.5) is 0 Å². The molecule has 3 N–H and O–H groups in total. The van der Waals surface area contributed by atoms with E-state index in [2.05, 4.69) is 36.9 Å². The molecule has 4 aromatic rings. The van der Waals surface area contributed by atoms with E-state index in [-0.39, 0.29) is 0 Å². The van der Waals surface area contributed by atoms with E-state index >= 15 is 0 Å². The average molecular weight is 350 g/mol. The third-order valence-corrected chi connectivity index (χ3v) is 5.78. The summed E-state index contributed by atoms with van der Waals surface area (Å²) in [7, 11) is 0. The third-order valence-electron chi connectivity index (χ3n) is 4.87. The van der Waals surface area contributed by atoms with Crippen LogP contribution in [0.25, 0.3) is 32.7 Å². The number of piperidine rings is 1. The summed E-state index contributed by atoms with van der Waals surface area (Å²) in [5, 5.41) is 14.7. The Morgan fingerprint density at radius 2 is 2.00 bits per heavy atom. The minimum Gasteiger partial charge on any atom is -0.346 e. The minimum atomic E-state index is 0.580. The summed E-state index contributed by atoms with van der Waals surface area (Å²) in [6.07, 6.45) is 9.95. The number of rotatable bonds is 3. The number of nitrogens with one attached hydrogen (secondary N) is 3. The normalized spacial score (nSPS) is 15.8. The molecule has 0 saturated carbocycles. The SMILES string of the molecule is c1nc2[nH]cc(-c3cn[nH]c3)c2cc1-c1nc(C2CCNCC2)cs1. The molecule has 0 unspecified atom stereocenters. The maximum atomic E-state index is 4.91. The van der Waals surface area contributed by atoms with Gasteiger partial charge in [-0.25, -0.2) is 9.97 Å². The van der Waals surface area contributed by atoms with E-state index in [1.54, 1.807) is 11.3 Å². The minimum absolute atomic E-state index is 0.580. The van der Waals surface area contributed by atoms with E-state index in [9.17, 15) is 0 Å². The lowest BCUT2D eigenvalue weighted by Crippen LogP contribution is -2.26. The molecule has 7 heteroatoms. The highest BCUT2D eigenvalue weighted by atomic mass is 32.1. The van der Waals surface area contributed by atoms with Crippen molar-refractivity contribution in [3.8, 4) is 21.7 Å². The first kappa shape index (κ1) is 14.8. The van der Waals surface area contributed by atoms with Crippen LogP contribution < -0.4 is 5.32 Å². The van der Waals surface area contributed by atoms with Gasteiger partial charge in [0, 0.05) is 52.0 Å². The fraction of sp³-hybridized carbons (Fsp3) is 0.278. The third kappa shape index (κ3) is 2.65. The molecule has 5 rings (SSSR count). The molecule has 0 bridgehead atoms. The molecule has 0 aromatic carbocycles. The summed E-state index contributed by atoms with van der Waals surface area (Å²) in [4.78, 5) is 12.7. The second-order valence-electron chi connectivity index (χ2n) is 6.41. The van der Waals surface area contributed by atoms with Crippen LogP contribution in [0.2, 0.25) is 0 Å². The maximum absolute atomic E-state index is 4.91. The molecule has 0 spiro atoms.